The van der Waals surface area contributed by atoms with Crippen LogP contribution in [-0.2, 0) is 19.6 Å². The average molecular weight is 853 g/mol. The summed E-state index contributed by atoms with van der Waals surface area (Å²) in [5.41, 5.74) is -0.771. The molecule has 0 aliphatic carbocycles. The van der Waals surface area contributed by atoms with Gasteiger partial charge in [-0.1, -0.05) is 211 Å². The van der Waals surface area contributed by atoms with E-state index in [-0.39, 0.29) is 48.3 Å². The van der Waals surface area contributed by atoms with Gasteiger partial charge in [0.2, 0.25) is 0 Å². The third kappa shape index (κ3) is 33.8. The van der Waals surface area contributed by atoms with E-state index in [2.05, 4.69) is 38.2 Å². The van der Waals surface area contributed by atoms with Crippen molar-refractivity contribution >= 4 is 22.1 Å². The summed E-state index contributed by atoms with van der Waals surface area (Å²) in [4.78, 5) is 25.3. The second kappa shape index (κ2) is 41.9. The van der Waals surface area contributed by atoms with Crippen LogP contribution in [0.3, 0.4) is 0 Å². The number of hydrogen-bond acceptors (Lipinski definition) is 7. The monoisotopic (exact) mass is 853 g/mol. The van der Waals surface area contributed by atoms with Gasteiger partial charge in [-0.25, -0.2) is 18.0 Å². The van der Waals surface area contributed by atoms with Crippen LogP contribution < -0.4 is 29.6 Å². The number of carbonyl (C=O) groups is 2. The van der Waals surface area contributed by atoms with Gasteiger partial charge < -0.3 is 14.0 Å². The normalized spacial score (nSPS) is 11.7. The van der Waals surface area contributed by atoms with E-state index in [1.165, 1.54) is 166 Å². The van der Waals surface area contributed by atoms with Gasteiger partial charge in [-0.2, -0.15) is 0 Å². The molecule has 0 aliphatic heterocycles. The summed E-state index contributed by atoms with van der Waals surface area (Å²) in [5.74, 6) is -1.80. The van der Waals surface area contributed by atoms with Gasteiger partial charge in [0.25, 0.3) is 0 Å². The fraction of sp³-hybridized carbons (Fsp3) is 0.760. The largest absolute Gasteiger partial charge is 1.00 e. The number of ether oxygens (including phenoxy) is 2. The predicted octanol–water partition coefficient (Wildman–Crippen LogP) is 12.3. The zero-order valence-corrected chi connectivity index (χ0v) is 41.1. The molecule has 1 aromatic carbocycles. The van der Waals surface area contributed by atoms with E-state index < -0.39 is 32.5 Å². The minimum atomic E-state index is -5.02. The molecule has 0 bridgehead atoms. The van der Waals surface area contributed by atoms with Crippen molar-refractivity contribution < 1.29 is 61.6 Å². The Bertz CT molecular complexity index is 1310. The fourth-order valence-corrected chi connectivity index (χ4v) is 8.18. The summed E-state index contributed by atoms with van der Waals surface area (Å²) in [5, 5.41) is 0. The summed E-state index contributed by atoms with van der Waals surface area (Å²) < 4.78 is 46.9. The molecule has 0 radical (unpaired) electrons. The zero-order chi connectivity index (χ0) is 42.2. The Morgan fingerprint density at radius 1 is 0.475 bits per heavy atom. The predicted molar refractivity (Wildman–Crippen MR) is 242 cm³/mol. The summed E-state index contributed by atoms with van der Waals surface area (Å²) in [6, 6.07) is 3.64. The number of rotatable bonds is 41. The summed E-state index contributed by atoms with van der Waals surface area (Å²) >= 11 is 0. The van der Waals surface area contributed by atoms with Gasteiger partial charge in [-0.3, -0.25) is 0 Å². The first-order valence-electron chi connectivity index (χ1n) is 24.1. The van der Waals surface area contributed by atoms with E-state index >= 15 is 0 Å². The van der Waals surface area contributed by atoms with Gasteiger partial charge in [-0.15, -0.1) is 0 Å². The standard InChI is InChI=1S/C50H86O7S.Na/c1-3-5-7-9-11-13-15-17-19-21-23-25-27-29-31-33-35-37-39-44-56-49(51)46-42-41-43-47(58(53,54)55)48(46)50(52)57-45-40-38-36-34-32-30-28-26-24-22-20-18-16-14-12-10-8-6-4-2;/h5-8,41-43H,3-4,9-40,44-45H2,1-2H3,(H,53,54,55);/q;+1/p-1/b7-5+,8-6+;. The Hall–Kier alpha value is -1.45. The molecule has 9 heteroatoms. The molecule has 59 heavy (non-hydrogen) atoms. The number of carbonyl (C=O) groups excluding carboxylic acids is 2. The number of allylic oxidation sites excluding steroid dienone is 4. The van der Waals surface area contributed by atoms with Gasteiger partial charge in [0.15, 0.2) is 0 Å². The Labute approximate surface area is 385 Å². The minimum absolute atomic E-state index is 0. The van der Waals surface area contributed by atoms with Crippen LogP contribution in [0.1, 0.15) is 253 Å². The minimum Gasteiger partial charge on any atom is -0.744 e. The topological polar surface area (TPSA) is 110 Å². The Morgan fingerprint density at radius 3 is 1.10 bits per heavy atom. The number of benzene rings is 1. The first kappa shape index (κ1) is 57.5. The molecule has 0 spiro atoms. The molecule has 0 amide bonds. The van der Waals surface area contributed by atoms with Crippen molar-refractivity contribution in [1.29, 1.82) is 0 Å². The molecular formula is C50H85NaO7S. The van der Waals surface area contributed by atoms with Crippen molar-refractivity contribution in [2.24, 2.45) is 0 Å². The second-order valence-electron chi connectivity index (χ2n) is 16.3. The van der Waals surface area contributed by atoms with Crippen molar-refractivity contribution in [3.63, 3.8) is 0 Å². The fourth-order valence-electron chi connectivity index (χ4n) is 7.49. The molecule has 0 heterocycles. The molecule has 1 rings (SSSR count). The zero-order valence-electron chi connectivity index (χ0n) is 38.3. The summed E-state index contributed by atoms with van der Waals surface area (Å²) in [7, 11) is -5.02. The number of esters is 2. The maximum Gasteiger partial charge on any atom is 1.00 e. The Balaban J connectivity index is 0.0000336. The molecule has 0 saturated heterocycles. The van der Waals surface area contributed by atoms with E-state index in [9.17, 15) is 22.6 Å². The van der Waals surface area contributed by atoms with Gasteiger partial charge in [0.05, 0.1) is 29.2 Å². The average Bonchev–Trinajstić information content (AvgIpc) is 3.21. The Kier molecular flexibility index (Phi) is 40.9. The summed E-state index contributed by atoms with van der Waals surface area (Å²) in [6.45, 7) is 4.62. The first-order chi connectivity index (χ1) is 28.3. The van der Waals surface area contributed by atoms with Crippen LogP contribution in [0.2, 0.25) is 0 Å². The maximum atomic E-state index is 13.0. The van der Waals surface area contributed by atoms with Crippen LogP contribution in [0.4, 0.5) is 0 Å². The van der Waals surface area contributed by atoms with Crippen LogP contribution >= 0.6 is 0 Å². The smallest absolute Gasteiger partial charge is 0.744 e. The quantitative estimate of drug-likeness (QED) is 0.0212. The molecule has 0 aliphatic rings. The molecule has 1 aromatic rings. The summed E-state index contributed by atoms with van der Waals surface area (Å²) in [6.07, 6.45) is 50.4. The maximum absolute atomic E-state index is 13.0. The van der Waals surface area contributed by atoms with Gasteiger partial charge in [0.1, 0.15) is 10.1 Å². The van der Waals surface area contributed by atoms with Crippen LogP contribution in [0.15, 0.2) is 47.4 Å². The van der Waals surface area contributed by atoms with Crippen molar-refractivity contribution in [3.8, 4) is 0 Å². The SMILES string of the molecule is CC/C=C/CCCCCCCCCCCCCCCCCOC(=O)c1cccc(S(=O)(=O)[O-])c1C(=O)OCCCCCCCCCCCCCCCCC/C=C/CC.[Na+]. The van der Waals surface area contributed by atoms with Crippen molar-refractivity contribution in [1.82, 2.24) is 0 Å². The van der Waals surface area contributed by atoms with Gasteiger partial charge >= 0.3 is 41.5 Å². The van der Waals surface area contributed by atoms with Crippen LogP contribution in [0, 0.1) is 0 Å². The van der Waals surface area contributed by atoms with E-state index in [0.29, 0.717) is 12.8 Å². The van der Waals surface area contributed by atoms with E-state index in [1.54, 1.807) is 0 Å². The van der Waals surface area contributed by atoms with Crippen molar-refractivity contribution in [2.75, 3.05) is 13.2 Å². The molecule has 0 saturated carbocycles. The third-order valence-corrected chi connectivity index (χ3v) is 11.9. The molecule has 0 fully saturated rings. The number of unbranched alkanes of at least 4 members (excludes halogenated alkanes) is 30. The van der Waals surface area contributed by atoms with E-state index in [4.69, 9.17) is 9.47 Å². The second-order valence-corrected chi connectivity index (χ2v) is 17.7. The van der Waals surface area contributed by atoms with Crippen molar-refractivity contribution in [3.05, 3.63) is 53.6 Å². The Morgan fingerprint density at radius 2 is 0.780 bits per heavy atom. The number of hydrogen-bond donors (Lipinski definition) is 0. The third-order valence-electron chi connectivity index (χ3n) is 11.0. The first-order valence-corrected chi connectivity index (χ1v) is 25.5. The molecular weight excluding hydrogens is 768 g/mol. The van der Waals surface area contributed by atoms with Gasteiger partial charge in [0, 0.05) is 0 Å². The molecule has 0 N–H and O–H groups in total. The van der Waals surface area contributed by atoms with E-state index in [1.807, 2.05) is 0 Å². The van der Waals surface area contributed by atoms with E-state index in [0.717, 1.165) is 57.4 Å². The molecule has 0 atom stereocenters. The molecule has 7 nitrogen and oxygen atoms in total. The van der Waals surface area contributed by atoms with Gasteiger partial charge in [-0.05, 0) is 63.5 Å². The van der Waals surface area contributed by atoms with Crippen LogP contribution in [0.25, 0.3) is 0 Å². The van der Waals surface area contributed by atoms with Crippen molar-refractivity contribution in [2.45, 2.75) is 237 Å². The van der Waals surface area contributed by atoms with Crippen LogP contribution in [-0.4, -0.2) is 38.1 Å². The van der Waals surface area contributed by atoms with Crippen LogP contribution in [0.5, 0.6) is 0 Å². The molecule has 334 valence electrons. The molecule has 0 unspecified atom stereocenters. The molecule has 0 aromatic heterocycles.